The monoisotopic (exact) mass is 487 g/mol. The molecule has 0 aliphatic heterocycles. The molecular formula is C17H15F4O8S2-. The lowest BCUT2D eigenvalue weighted by Crippen LogP contribution is -2.46. The Morgan fingerprint density at radius 3 is 2.55 bits per heavy atom. The standard InChI is InChI=1S/C17H16F4O8S2/c1-10(14(22)28-11-5-4-6-12-13(11)29-15(23)30-12)9-27-8-3-2-7-16(18,19)17(20,21)31(24,25)26/h4-6H,1-3,7-9H2,(H,24,25,26)/p-1. The lowest BCUT2D eigenvalue weighted by atomic mass is 10.1. The maximum atomic E-state index is 13.3. The summed E-state index contributed by atoms with van der Waals surface area (Å²) in [5.74, 6) is -5.95. The minimum Gasteiger partial charge on any atom is -0.743 e. The molecule has 2 aromatic rings. The molecule has 0 aliphatic rings. The van der Waals surface area contributed by atoms with Crippen LogP contribution in [-0.4, -0.2) is 43.3 Å². The molecule has 0 amide bonds. The number of para-hydroxylation sites is 1. The van der Waals surface area contributed by atoms with Crippen LogP contribution in [0.25, 0.3) is 10.3 Å². The van der Waals surface area contributed by atoms with Crippen molar-refractivity contribution in [3.05, 3.63) is 40.1 Å². The quantitative estimate of drug-likeness (QED) is 0.118. The Morgan fingerprint density at radius 2 is 1.90 bits per heavy atom. The van der Waals surface area contributed by atoms with Gasteiger partial charge in [0.1, 0.15) is 0 Å². The average Bonchev–Trinajstić information content (AvgIpc) is 3.04. The van der Waals surface area contributed by atoms with E-state index in [1.807, 2.05) is 0 Å². The molecule has 0 N–H and O–H groups in total. The van der Waals surface area contributed by atoms with Crippen LogP contribution >= 0.6 is 11.3 Å². The molecule has 0 unspecified atom stereocenters. The fraction of sp³-hybridized carbons (Fsp3) is 0.412. The molecule has 1 aromatic heterocycles. The number of fused-ring (bicyclic) bond motifs is 1. The van der Waals surface area contributed by atoms with E-state index >= 15 is 0 Å². The normalized spacial score (nSPS) is 12.8. The van der Waals surface area contributed by atoms with Crippen molar-refractivity contribution in [3.63, 3.8) is 0 Å². The Kier molecular flexibility index (Phi) is 7.62. The van der Waals surface area contributed by atoms with E-state index in [9.17, 15) is 40.1 Å². The maximum Gasteiger partial charge on any atom is 0.396 e. The number of halogens is 4. The number of unbranched alkanes of at least 4 members (excludes halogenated alkanes) is 1. The van der Waals surface area contributed by atoms with Gasteiger partial charge in [0.15, 0.2) is 21.5 Å². The van der Waals surface area contributed by atoms with Gasteiger partial charge in [-0.15, -0.1) is 0 Å². The minimum absolute atomic E-state index is 0.0153. The van der Waals surface area contributed by atoms with Gasteiger partial charge in [0.05, 0.1) is 16.9 Å². The molecule has 172 valence electrons. The van der Waals surface area contributed by atoms with E-state index in [-0.39, 0.29) is 36.5 Å². The largest absolute Gasteiger partial charge is 0.743 e. The molecular weight excluding hydrogens is 472 g/mol. The second kappa shape index (κ2) is 9.46. The molecule has 0 saturated heterocycles. The molecule has 0 radical (unpaired) electrons. The Hall–Kier alpha value is -2.29. The zero-order valence-electron chi connectivity index (χ0n) is 15.6. The first-order valence-electron chi connectivity index (χ1n) is 8.48. The van der Waals surface area contributed by atoms with Crippen molar-refractivity contribution in [2.45, 2.75) is 30.4 Å². The highest BCUT2D eigenvalue weighted by molar-refractivity contribution is 7.86. The number of carbonyl (C=O) groups is 1. The molecule has 0 spiro atoms. The van der Waals surface area contributed by atoms with Crippen molar-refractivity contribution in [2.24, 2.45) is 0 Å². The van der Waals surface area contributed by atoms with Crippen molar-refractivity contribution >= 4 is 37.7 Å². The molecule has 14 heteroatoms. The van der Waals surface area contributed by atoms with Crippen molar-refractivity contribution < 1.29 is 49.2 Å². The zero-order chi connectivity index (χ0) is 23.4. The van der Waals surface area contributed by atoms with Gasteiger partial charge < -0.3 is 18.4 Å². The fourth-order valence-electron chi connectivity index (χ4n) is 2.26. The predicted molar refractivity (Wildman–Crippen MR) is 99.4 cm³/mol. The Morgan fingerprint density at radius 1 is 1.23 bits per heavy atom. The van der Waals surface area contributed by atoms with Gasteiger partial charge in [0, 0.05) is 13.0 Å². The first-order chi connectivity index (χ1) is 14.3. The molecule has 2 rings (SSSR count). The fourth-order valence-corrected chi connectivity index (χ4v) is 3.41. The highest BCUT2D eigenvalue weighted by atomic mass is 32.2. The van der Waals surface area contributed by atoms with E-state index in [4.69, 9.17) is 13.9 Å². The molecule has 0 fully saturated rings. The van der Waals surface area contributed by atoms with Gasteiger partial charge >= 0.3 is 22.1 Å². The zero-order valence-corrected chi connectivity index (χ0v) is 17.2. The number of hydrogen-bond donors (Lipinski definition) is 0. The molecule has 1 aromatic carbocycles. The van der Waals surface area contributed by atoms with Crippen LogP contribution in [0.3, 0.4) is 0 Å². The Balaban J connectivity index is 1.77. The van der Waals surface area contributed by atoms with Gasteiger partial charge in [-0.1, -0.05) is 24.0 Å². The van der Waals surface area contributed by atoms with Crippen LogP contribution in [0.4, 0.5) is 17.6 Å². The highest BCUT2D eigenvalue weighted by Gasteiger charge is 2.60. The summed E-state index contributed by atoms with van der Waals surface area (Å²) >= 11 is 0.816. The van der Waals surface area contributed by atoms with Crippen molar-refractivity contribution in [2.75, 3.05) is 13.2 Å². The van der Waals surface area contributed by atoms with Crippen LogP contribution in [0.15, 0.2) is 39.6 Å². The summed E-state index contributed by atoms with van der Waals surface area (Å²) in [6.07, 6.45) is -2.32. The third kappa shape index (κ3) is 5.90. The molecule has 8 nitrogen and oxygen atoms in total. The number of alkyl halides is 4. The van der Waals surface area contributed by atoms with Gasteiger partial charge in [-0.05, 0) is 25.0 Å². The second-order valence-electron chi connectivity index (χ2n) is 6.22. The Labute approximate surface area is 176 Å². The smallest absolute Gasteiger partial charge is 0.396 e. The van der Waals surface area contributed by atoms with Gasteiger partial charge in [0.25, 0.3) is 0 Å². The number of carbonyl (C=O) groups excluding carboxylic acids is 1. The summed E-state index contributed by atoms with van der Waals surface area (Å²) < 4.78 is 98.9. The first kappa shape index (κ1) is 25.0. The lowest BCUT2D eigenvalue weighted by Gasteiger charge is -2.28. The van der Waals surface area contributed by atoms with Gasteiger partial charge in [-0.2, -0.15) is 17.6 Å². The summed E-state index contributed by atoms with van der Waals surface area (Å²) in [7, 11) is -6.52. The molecule has 0 aliphatic carbocycles. The van der Waals surface area contributed by atoms with Crippen LogP contribution in [0.5, 0.6) is 5.75 Å². The van der Waals surface area contributed by atoms with E-state index in [0.717, 1.165) is 11.3 Å². The lowest BCUT2D eigenvalue weighted by molar-refractivity contribution is -0.165. The van der Waals surface area contributed by atoms with Crippen molar-refractivity contribution in [1.82, 2.24) is 0 Å². The molecule has 31 heavy (non-hydrogen) atoms. The summed E-state index contributed by atoms with van der Waals surface area (Å²) in [6, 6.07) is 4.52. The number of esters is 1. The van der Waals surface area contributed by atoms with Crippen molar-refractivity contribution in [3.8, 4) is 5.75 Å². The van der Waals surface area contributed by atoms with Crippen LogP contribution in [0.2, 0.25) is 0 Å². The van der Waals surface area contributed by atoms with Gasteiger partial charge in [0.2, 0.25) is 0 Å². The molecule has 1 heterocycles. The van der Waals surface area contributed by atoms with E-state index in [0.29, 0.717) is 4.70 Å². The van der Waals surface area contributed by atoms with Crippen LogP contribution in [0.1, 0.15) is 19.3 Å². The summed E-state index contributed by atoms with van der Waals surface area (Å²) in [4.78, 5) is 22.7. The van der Waals surface area contributed by atoms with Crippen LogP contribution < -0.4 is 9.68 Å². The number of hydrogen-bond acceptors (Lipinski definition) is 9. The Bertz CT molecular complexity index is 1120. The molecule has 0 saturated carbocycles. The summed E-state index contributed by atoms with van der Waals surface area (Å²) in [6.45, 7) is 2.83. The molecule has 0 bridgehead atoms. The topological polar surface area (TPSA) is 123 Å². The van der Waals surface area contributed by atoms with Gasteiger partial charge in [-0.3, -0.25) is 0 Å². The third-order valence-corrected chi connectivity index (χ3v) is 5.58. The summed E-state index contributed by atoms with van der Waals surface area (Å²) in [5, 5.41) is -5.72. The second-order valence-corrected chi connectivity index (χ2v) is 8.61. The number of benzene rings is 1. The highest BCUT2D eigenvalue weighted by Crippen LogP contribution is 2.41. The van der Waals surface area contributed by atoms with Crippen LogP contribution in [0, 0.1) is 0 Å². The third-order valence-electron chi connectivity index (χ3n) is 3.86. The van der Waals surface area contributed by atoms with Gasteiger partial charge in [-0.25, -0.2) is 18.0 Å². The average molecular weight is 487 g/mol. The first-order valence-corrected chi connectivity index (χ1v) is 10.7. The van der Waals surface area contributed by atoms with E-state index in [2.05, 4.69) is 6.58 Å². The van der Waals surface area contributed by atoms with Crippen LogP contribution in [-0.2, 0) is 19.6 Å². The maximum absolute atomic E-state index is 13.3. The number of rotatable bonds is 11. The minimum atomic E-state index is -6.52. The van der Waals surface area contributed by atoms with E-state index in [1.54, 1.807) is 6.07 Å². The molecule has 0 atom stereocenters. The SMILES string of the molecule is C=C(COCCCCC(F)(F)C(F)(F)S(=O)(=O)[O-])C(=O)Oc1cccc2sc(=O)oc12. The number of ether oxygens (including phenoxy) is 2. The summed E-state index contributed by atoms with van der Waals surface area (Å²) in [5.41, 5.74) is -0.0821. The van der Waals surface area contributed by atoms with E-state index < -0.39 is 45.0 Å². The van der Waals surface area contributed by atoms with Crippen molar-refractivity contribution in [1.29, 1.82) is 0 Å². The predicted octanol–water partition coefficient (Wildman–Crippen LogP) is 3.28. The van der Waals surface area contributed by atoms with E-state index in [1.165, 1.54) is 12.1 Å².